The van der Waals surface area contributed by atoms with Crippen molar-refractivity contribution in [1.82, 2.24) is 4.98 Å². The summed E-state index contributed by atoms with van der Waals surface area (Å²) in [6.07, 6.45) is 3.53. The number of anilines is 2. The molecule has 0 unspecified atom stereocenters. The van der Waals surface area contributed by atoms with Crippen LogP contribution in [0.5, 0.6) is 0 Å². The van der Waals surface area contributed by atoms with Gasteiger partial charge in [0.15, 0.2) is 5.58 Å². The minimum atomic E-state index is -3.81. The van der Waals surface area contributed by atoms with Crippen molar-refractivity contribution < 1.29 is 12.8 Å². The van der Waals surface area contributed by atoms with Gasteiger partial charge < -0.3 is 9.32 Å². The number of aromatic nitrogens is 1. The van der Waals surface area contributed by atoms with Gasteiger partial charge in [-0.05, 0) is 56.0 Å². The van der Waals surface area contributed by atoms with Crippen LogP contribution in [0.15, 0.2) is 50.5 Å². The van der Waals surface area contributed by atoms with E-state index >= 15 is 0 Å². The molecule has 1 fully saturated rings. The smallest absolute Gasteiger partial charge is 0.408 e. The quantitative estimate of drug-likeness (QED) is 0.717. The van der Waals surface area contributed by atoms with Crippen molar-refractivity contribution in [3.8, 4) is 0 Å². The van der Waals surface area contributed by atoms with Gasteiger partial charge in [0.2, 0.25) is 0 Å². The van der Waals surface area contributed by atoms with Crippen molar-refractivity contribution >= 4 is 32.5 Å². The summed E-state index contributed by atoms with van der Waals surface area (Å²) in [5.41, 5.74) is 3.08. The molecule has 0 aliphatic carbocycles. The number of H-pyrrole nitrogens is 1. The maximum Gasteiger partial charge on any atom is 0.417 e. The van der Waals surface area contributed by atoms with Crippen LogP contribution < -0.4 is 15.4 Å². The van der Waals surface area contributed by atoms with E-state index in [1.165, 1.54) is 24.6 Å². The molecule has 27 heavy (non-hydrogen) atoms. The maximum absolute atomic E-state index is 12.8. The molecule has 0 amide bonds. The zero-order valence-electron chi connectivity index (χ0n) is 15.0. The van der Waals surface area contributed by atoms with Crippen LogP contribution in [0.25, 0.3) is 11.1 Å². The summed E-state index contributed by atoms with van der Waals surface area (Å²) < 4.78 is 33.3. The standard InChI is InChI=1S/C19H21N3O4S/c1-13-5-6-14(22-9-3-2-4-10-22)11-17(13)21-27(24,25)15-7-8-16-18(12-15)26-19(23)20-16/h5-8,11-12,21H,2-4,9-10H2,1H3,(H,20,23). The fraction of sp³-hybridized carbons (Fsp3) is 0.316. The normalized spacial score (nSPS) is 15.2. The SMILES string of the molecule is Cc1ccc(N2CCCCC2)cc1NS(=O)(=O)c1ccc2[nH]c(=O)oc2c1. The van der Waals surface area contributed by atoms with E-state index in [-0.39, 0.29) is 10.5 Å². The molecule has 7 nitrogen and oxygen atoms in total. The number of benzene rings is 2. The molecule has 0 saturated carbocycles. The molecule has 4 rings (SSSR count). The highest BCUT2D eigenvalue weighted by Crippen LogP contribution is 2.28. The lowest BCUT2D eigenvalue weighted by molar-refractivity contribution is 0.554. The molecule has 0 bridgehead atoms. The van der Waals surface area contributed by atoms with Crippen molar-refractivity contribution in [3.05, 3.63) is 52.5 Å². The summed E-state index contributed by atoms with van der Waals surface area (Å²) in [6, 6.07) is 10.1. The summed E-state index contributed by atoms with van der Waals surface area (Å²) in [7, 11) is -3.81. The number of piperidine rings is 1. The highest BCUT2D eigenvalue weighted by Gasteiger charge is 2.19. The second kappa shape index (κ2) is 6.77. The molecule has 2 aromatic carbocycles. The number of fused-ring (bicyclic) bond motifs is 1. The van der Waals surface area contributed by atoms with Gasteiger partial charge in [-0.3, -0.25) is 9.71 Å². The van der Waals surface area contributed by atoms with Gasteiger partial charge in [-0.15, -0.1) is 0 Å². The molecular formula is C19H21N3O4S. The number of hydrogen-bond acceptors (Lipinski definition) is 5. The van der Waals surface area contributed by atoms with Crippen molar-refractivity contribution in [3.63, 3.8) is 0 Å². The third-order valence-corrected chi connectivity index (χ3v) is 6.25. The number of rotatable bonds is 4. The lowest BCUT2D eigenvalue weighted by Gasteiger charge is -2.29. The molecule has 0 atom stereocenters. The fourth-order valence-electron chi connectivity index (χ4n) is 3.37. The lowest BCUT2D eigenvalue weighted by Crippen LogP contribution is -2.29. The van der Waals surface area contributed by atoms with Crippen molar-refractivity contribution in [2.45, 2.75) is 31.1 Å². The maximum atomic E-state index is 12.8. The molecule has 1 saturated heterocycles. The first-order valence-electron chi connectivity index (χ1n) is 8.94. The van der Waals surface area contributed by atoms with Gasteiger partial charge in [0.25, 0.3) is 10.0 Å². The number of aryl methyl sites for hydroxylation is 1. The van der Waals surface area contributed by atoms with Gasteiger partial charge in [0.1, 0.15) is 0 Å². The van der Waals surface area contributed by atoms with E-state index in [0.29, 0.717) is 11.2 Å². The highest BCUT2D eigenvalue weighted by atomic mass is 32.2. The first-order valence-corrected chi connectivity index (χ1v) is 10.4. The summed E-state index contributed by atoms with van der Waals surface area (Å²) in [5.74, 6) is -0.613. The Labute approximate surface area is 157 Å². The van der Waals surface area contributed by atoms with Gasteiger partial charge in [-0.1, -0.05) is 6.07 Å². The molecule has 0 spiro atoms. The van der Waals surface area contributed by atoms with Gasteiger partial charge in [0, 0.05) is 24.8 Å². The monoisotopic (exact) mass is 387 g/mol. The zero-order chi connectivity index (χ0) is 19.0. The van der Waals surface area contributed by atoms with E-state index < -0.39 is 15.8 Å². The van der Waals surface area contributed by atoms with Crippen molar-refractivity contribution in [2.75, 3.05) is 22.7 Å². The first kappa shape index (κ1) is 17.7. The number of nitrogens with one attached hydrogen (secondary N) is 2. The third-order valence-electron chi connectivity index (χ3n) is 4.89. The Kier molecular flexibility index (Phi) is 4.43. The van der Waals surface area contributed by atoms with Gasteiger partial charge >= 0.3 is 5.76 Å². The minimum Gasteiger partial charge on any atom is -0.408 e. The molecule has 3 aromatic rings. The topological polar surface area (TPSA) is 95.4 Å². The Balaban J connectivity index is 1.65. The molecule has 1 aliphatic heterocycles. The summed E-state index contributed by atoms with van der Waals surface area (Å²) >= 11 is 0. The average Bonchev–Trinajstić information content (AvgIpc) is 3.03. The van der Waals surface area contributed by atoms with Crippen LogP contribution in [0.1, 0.15) is 24.8 Å². The number of aromatic amines is 1. The van der Waals surface area contributed by atoms with E-state index in [0.717, 1.165) is 37.2 Å². The lowest BCUT2D eigenvalue weighted by atomic mass is 10.1. The fourth-order valence-corrected chi connectivity index (χ4v) is 4.50. The van der Waals surface area contributed by atoms with E-state index in [1.807, 2.05) is 25.1 Å². The Morgan fingerprint density at radius 1 is 1.07 bits per heavy atom. The Hall–Kier alpha value is -2.74. The molecule has 142 valence electrons. The Bertz CT molecular complexity index is 1140. The third kappa shape index (κ3) is 3.57. The van der Waals surface area contributed by atoms with Crippen LogP contribution in [-0.4, -0.2) is 26.5 Å². The van der Waals surface area contributed by atoms with Crippen LogP contribution in [-0.2, 0) is 10.0 Å². The highest BCUT2D eigenvalue weighted by molar-refractivity contribution is 7.92. The van der Waals surface area contributed by atoms with Gasteiger partial charge in [0.05, 0.1) is 16.1 Å². The van der Waals surface area contributed by atoms with Crippen molar-refractivity contribution in [2.24, 2.45) is 0 Å². The predicted octanol–water partition coefficient (Wildman–Crippen LogP) is 3.22. The zero-order valence-corrected chi connectivity index (χ0v) is 15.8. The molecule has 1 aliphatic rings. The second-order valence-electron chi connectivity index (χ2n) is 6.82. The number of sulfonamides is 1. The van der Waals surface area contributed by atoms with Crippen molar-refractivity contribution in [1.29, 1.82) is 0 Å². The number of oxazole rings is 1. The molecule has 2 N–H and O–H groups in total. The number of nitrogens with zero attached hydrogens (tertiary/aromatic N) is 1. The second-order valence-corrected chi connectivity index (χ2v) is 8.51. The van der Waals surface area contributed by atoms with E-state index in [2.05, 4.69) is 14.6 Å². The summed E-state index contributed by atoms with van der Waals surface area (Å²) in [5, 5.41) is 0. The molecule has 0 radical (unpaired) electrons. The largest absolute Gasteiger partial charge is 0.417 e. The molecule has 8 heteroatoms. The van der Waals surface area contributed by atoms with E-state index in [9.17, 15) is 13.2 Å². The average molecular weight is 387 g/mol. The molecule has 1 aromatic heterocycles. The van der Waals surface area contributed by atoms with Crippen LogP contribution in [0, 0.1) is 6.92 Å². The Morgan fingerprint density at radius 2 is 1.85 bits per heavy atom. The Morgan fingerprint density at radius 3 is 2.63 bits per heavy atom. The van der Waals surface area contributed by atoms with Crippen LogP contribution >= 0.6 is 0 Å². The van der Waals surface area contributed by atoms with E-state index in [4.69, 9.17) is 4.42 Å². The van der Waals surface area contributed by atoms with Crippen LogP contribution in [0.4, 0.5) is 11.4 Å². The minimum absolute atomic E-state index is 0.0422. The molecule has 2 heterocycles. The van der Waals surface area contributed by atoms with Crippen LogP contribution in [0.3, 0.4) is 0 Å². The molecular weight excluding hydrogens is 366 g/mol. The van der Waals surface area contributed by atoms with Gasteiger partial charge in [-0.2, -0.15) is 0 Å². The van der Waals surface area contributed by atoms with Gasteiger partial charge in [-0.25, -0.2) is 13.2 Å². The summed E-state index contributed by atoms with van der Waals surface area (Å²) in [4.78, 5) is 16.1. The predicted molar refractivity (Wildman–Crippen MR) is 105 cm³/mol. The van der Waals surface area contributed by atoms with Crippen LogP contribution in [0.2, 0.25) is 0 Å². The summed E-state index contributed by atoms with van der Waals surface area (Å²) in [6.45, 7) is 3.84. The first-order chi connectivity index (χ1) is 12.9. The van der Waals surface area contributed by atoms with E-state index in [1.54, 1.807) is 0 Å². The number of hydrogen-bond donors (Lipinski definition) is 2.